The molecule has 7 nitrogen and oxygen atoms in total. The molecule has 124 valence electrons. The van der Waals surface area contributed by atoms with Crippen LogP contribution in [0.3, 0.4) is 0 Å². The van der Waals surface area contributed by atoms with Gasteiger partial charge in [0.15, 0.2) is 5.43 Å². The van der Waals surface area contributed by atoms with Gasteiger partial charge in [0.25, 0.3) is 11.6 Å². The van der Waals surface area contributed by atoms with E-state index in [-0.39, 0.29) is 22.4 Å². The highest BCUT2D eigenvalue weighted by molar-refractivity contribution is 5.99. The van der Waals surface area contributed by atoms with Crippen LogP contribution in [0.1, 0.15) is 33.3 Å². The van der Waals surface area contributed by atoms with Gasteiger partial charge in [0.1, 0.15) is 5.58 Å². The van der Waals surface area contributed by atoms with Crippen LogP contribution in [-0.2, 0) is 0 Å². The number of amides is 1. The minimum atomic E-state index is -0.690. The van der Waals surface area contributed by atoms with Crippen LogP contribution >= 0.6 is 0 Å². The van der Waals surface area contributed by atoms with E-state index in [1.165, 1.54) is 24.3 Å². The van der Waals surface area contributed by atoms with Crippen molar-refractivity contribution in [3.63, 3.8) is 0 Å². The summed E-state index contributed by atoms with van der Waals surface area (Å²) in [5.74, 6) is -0.484. The average molecular weight is 336 g/mol. The number of rotatable bonds is 2. The Kier molecular flexibility index (Phi) is 3.18. The zero-order valence-electron chi connectivity index (χ0n) is 13.1. The van der Waals surface area contributed by atoms with E-state index in [0.29, 0.717) is 16.5 Å². The molecule has 2 aromatic carbocycles. The Labute approximate surface area is 141 Å². The molecule has 0 bridgehead atoms. The molecule has 7 heteroatoms. The van der Waals surface area contributed by atoms with Crippen molar-refractivity contribution in [1.29, 1.82) is 0 Å². The number of hydrogen-bond acceptors (Lipinski definition) is 5. The van der Waals surface area contributed by atoms with Gasteiger partial charge in [0, 0.05) is 12.1 Å². The number of nitro groups is 1. The maximum Gasteiger partial charge on any atom is 0.288 e. The number of nitrogens with one attached hydrogen (secondary N) is 1. The van der Waals surface area contributed by atoms with E-state index in [0.717, 1.165) is 5.56 Å². The van der Waals surface area contributed by atoms with Crippen molar-refractivity contribution in [3.05, 3.63) is 85.3 Å². The van der Waals surface area contributed by atoms with Crippen LogP contribution in [0.15, 0.2) is 51.7 Å². The summed E-state index contributed by atoms with van der Waals surface area (Å²) < 4.78 is 5.65. The number of nitrogens with zero attached hydrogens (tertiary/aromatic N) is 1. The molecule has 1 amide bonds. The number of benzene rings is 2. The number of fused-ring (bicyclic) bond motifs is 2. The monoisotopic (exact) mass is 336 g/mol. The standard InChI is InChI=1S/C18H12N2O5/c1-9-2-7-13-12(8-9)16(21)14-15(19-18(22)17(14)25-13)10-3-5-11(6-4-10)20(23)24/h2-8,15H,1H3,(H,19,22). The van der Waals surface area contributed by atoms with Crippen LogP contribution < -0.4 is 10.7 Å². The summed E-state index contributed by atoms with van der Waals surface area (Å²) in [5.41, 5.74) is 1.74. The van der Waals surface area contributed by atoms with Gasteiger partial charge in [-0.15, -0.1) is 0 Å². The van der Waals surface area contributed by atoms with E-state index in [2.05, 4.69) is 5.32 Å². The van der Waals surface area contributed by atoms with Crippen LogP contribution in [0.2, 0.25) is 0 Å². The van der Waals surface area contributed by atoms with Crippen LogP contribution in [0, 0.1) is 17.0 Å². The first kappa shape index (κ1) is 15.1. The second kappa shape index (κ2) is 5.27. The maximum atomic E-state index is 12.9. The van der Waals surface area contributed by atoms with E-state index in [9.17, 15) is 19.7 Å². The van der Waals surface area contributed by atoms with Crippen molar-refractivity contribution in [2.45, 2.75) is 13.0 Å². The lowest BCUT2D eigenvalue weighted by Crippen LogP contribution is -2.21. The summed E-state index contributed by atoms with van der Waals surface area (Å²) in [5, 5.41) is 13.9. The Morgan fingerprint density at radius 2 is 1.84 bits per heavy atom. The highest BCUT2D eigenvalue weighted by Crippen LogP contribution is 2.31. The molecule has 0 aliphatic carbocycles. The Morgan fingerprint density at radius 1 is 1.12 bits per heavy atom. The summed E-state index contributed by atoms with van der Waals surface area (Å²) >= 11 is 0. The molecule has 25 heavy (non-hydrogen) atoms. The first-order valence-electron chi connectivity index (χ1n) is 7.58. The van der Waals surface area contributed by atoms with Crippen molar-refractivity contribution in [2.24, 2.45) is 0 Å². The van der Waals surface area contributed by atoms with E-state index in [1.54, 1.807) is 18.2 Å². The van der Waals surface area contributed by atoms with Gasteiger partial charge in [-0.2, -0.15) is 0 Å². The Hall–Kier alpha value is -3.48. The van der Waals surface area contributed by atoms with Crippen molar-refractivity contribution in [2.75, 3.05) is 0 Å². The molecule has 2 heterocycles. The summed E-state index contributed by atoms with van der Waals surface area (Å²) in [6, 6.07) is 10.2. The largest absolute Gasteiger partial charge is 0.450 e. The second-order valence-corrected chi connectivity index (χ2v) is 5.93. The summed E-state index contributed by atoms with van der Waals surface area (Å²) in [6.45, 7) is 1.86. The molecule has 1 atom stereocenters. The van der Waals surface area contributed by atoms with Crippen molar-refractivity contribution < 1.29 is 14.1 Å². The van der Waals surface area contributed by atoms with Crippen molar-refractivity contribution in [1.82, 2.24) is 5.32 Å². The normalized spacial score (nSPS) is 15.9. The highest BCUT2D eigenvalue weighted by atomic mass is 16.6. The number of carbonyl (C=O) groups excluding carboxylic acids is 1. The molecular weight excluding hydrogens is 324 g/mol. The predicted molar refractivity (Wildman–Crippen MR) is 89.6 cm³/mol. The third kappa shape index (κ3) is 2.28. The van der Waals surface area contributed by atoms with Gasteiger partial charge in [0.2, 0.25) is 5.76 Å². The molecule has 3 aromatic rings. The molecule has 1 aliphatic heterocycles. The molecule has 0 saturated heterocycles. The first-order chi connectivity index (χ1) is 12.0. The Morgan fingerprint density at radius 3 is 2.52 bits per heavy atom. The molecule has 4 rings (SSSR count). The number of nitro benzene ring substituents is 1. The summed E-state index contributed by atoms with van der Waals surface area (Å²) in [7, 11) is 0. The number of aryl methyl sites for hydroxylation is 1. The fourth-order valence-electron chi connectivity index (χ4n) is 3.06. The van der Waals surface area contributed by atoms with Crippen LogP contribution in [-0.4, -0.2) is 10.8 Å². The Bertz CT molecular complexity index is 1100. The SMILES string of the molecule is Cc1ccc2oc3c(c(=O)c2c1)C(c1ccc([N+](=O)[O-])cc1)NC3=O. The number of hydrogen-bond donors (Lipinski definition) is 1. The van der Waals surface area contributed by atoms with Crippen LogP contribution in [0.4, 0.5) is 5.69 Å². The van der Waals surface area contributed by atoms with Crippen LogP contribution in [0.5, 0.6) is 0 Å². The van der Waals surface area contributed by atoms with Crippen LogP contribution in [0.25, 0.3) is 11.0 Å². The minimum absolute atomic E-state index is 0.00953. The predicted octanol–water partition coefficient (Wildman–Crippen LogP) is 2.84. The highest BCUT2D eigenvalue weighted by Gasteiger charge is 2.36. The topological polar surface area (TPSA) is 102 Å². The molecule has 1 unspecified atom stereocenters. The zero-order chi connectivity index (χ0) is 17.7. The van der Waals surface area contributed by atoms with Gasteiger partial charge in [-0.05, 0) is 36.8 Å². The van der Waals surface area contributed by atoms with Crippen molar-refractivity contribution in [3.8, 4) is 0 Å². The number of non-ortho nitro benzene ring substituents is 1. The quantitative estimate of drug-likeness (QED) is 0.572. The average Bonchev–Trinajstić information content (AvgIpc) is 2.93. The smallest absolute Gasteiger partial charge is 0.288 e. The first-order valence-corrected chi connectivity index (χ1v) is 7.58. The fraction of sp³-hybridized carbons (Fsp3) is 0.111. The van der Waals surface area contributed by atoms with E-state index in [1.807, 2.05) is 6.92 Å². The summed E-state index contributed by atoms with van der Waals surface area (Å²) in [4.78, 5) is 35.4. The van der Waals surface area contributed by atoms with E-state index in [4.69, 9.17) is 4.42 Å². The lowest BCUT2D eigenvalue weighted by atomic mass is 9.99. The van der Waals surface area contributed by atoms with Gasteiger partial charge >= 0.3 is 0 Å². The van der Waals surface area contributed by atoms with E-state index >= 15 is 0 Å². The van der Waals surface area contributed by atoms with Gasteiger partial charge in [-0.1, -0.05) is 11.6 Å². The Balaban J connectivity index is 1.91. The zero-order valence-corrected chi connectivity index (χ0v) is 13.1. The molecule has 0 spiro atoms. The second-order valence-electron chi connectivity index (χ2n) is 5.93. The fourth-order valence-corrected chi connectivity index (χ4v) is 3.06. The van der Waals surface area contributed by atoms with E-state index < -0.39 is 16.9 Å². The minimum Gasteiger partial charge on any atom is -0.450 e. The maximum absolute atomic E-state index is 12.9. The molecule has 0 fully saturated rings. The van der Waals surface area contributed by atoms with Gasteiger partial charge < -0.3 is 9.73 Å². The molecule has 0 saturated carbocycles. The van der Waals surface area contributed by atoms with Gasteiger partial charge in [0.05, 0.1) is 21.9 Å². The molecular formula is C18H12N2O5. The third-order valence-corrected chi connectivity index (χ3v) is 4.29. The van der Waals surface area contributed by atoms with Crippen molar-refractivity contribution >= 4 is 22.6 Å². The molecule has 1 N–H and O–H groups in total. The molecule has 1 aliphatic rings. The summed E-state index contributed by atoms with van der Waals surface area (Å²) in [6.07, 6.45) is 0. The lowest BCUT2D eigenvalue weighted by Gasteiger charge is -2.11. The van der Waals surface area contributed by atoms with Gasteiger partial charge in [-0.25, -0.2) is 0 Å². The number of carbonyl (C=O) groups is 1. The third-order valence-electron chi connectivity index (χ3n) is 4.29. The lowest BCUT2D eigenvalue weighted by molar-refractivity contribution is -0.384. The molecule has 1 aromatic heterocycles. The van der Waals surface area contributed by atoms with Gasteiger partial charge in [-0.3, -0.25) is 19.7 Å². The molecule has 0 radical (unpaired) electrons.